The van der Waals surface area contributed by atoms with Crippen LogP contribution in [0.2, 0.25) is 0 Å². The van der Waals surface area contributed by atoms with Crippen LogP contribution in [0.4, 0.5) is 5.69 Å². The summed E-state index contributed by atoms with van der Waals surface area (Å²) in [5.41, 5.74) is 1.96. The largest absolute Gasteiger partial charge is 0.346 e. The molecule has 0 aromatic heterocycles. The van der Waals surface area contributed by atoms with Crippen LogP contribution in [0, 0.1) is 6.92 Å². The Morgan fingerprint density at radius 1 is 0.963 bits per heavy atom. The van der Waals surface area contributed by atoms with Gasteiger partial charge in [-0.1, -0.05) is 18.2 Å². The number of sulfone groups is 1. The fraction of sp³-hybridized carbons (Fsp3) is 0.278. The molecule has 2 aromatic rings. The molecule has 0 aliphatic carbocycles. The first-order chi connectivity index (χ1) is 12.4. The monoisotopic (exact) mass is 410 g/mol. The molecule has 0 saturated carbocycles. The first-order valence-corrected chi connectivity index (χ1v) is 11.8. The normalized spacial score (nSPS) is 13.0. The Balaban J connectivity index is 2.21. The highest BCUT2D eigenvalue weighted by Gasteiger charge is 2.17. The molecule has 0 heterocycles. The first kappa shape index (κ1) is 20.9. The molecular formula is C18H22N2O5S2. The molecule has 0 aliphatic rings. The Bertz CT molecular complexity index is 1060. The van der Waals surface area contributed by atoms with Crippen molar-refractivity contribution >= 4 is 31.5 Å². The molecule has 146 valence electrons. The van der Waals surface area contributed by atoms with Crippen LogP contribution in [0.5, 0.6) is 0 Å². The summed E-state index contributed by atoms with van der Waals surface area (Å²) in [7, 11) is -6.74. The maximum atomic E-state index is 12.6. The van der Waals surface area contributed by atoms with Crippen molar-refractivity contribution in [3.63, 3.8) is 0 Å². The van der Waals surface area contributed by atoms with Gasteiger partial charge in [0.2, 0.25) is 10.0 Å². The molecule has 0 fully saturated rings. The van der Waals surface area contributed by atoms with Gasteiger partial charge in [0.1, 0.15) is 0 Å². The number of sulfonamides is 1. The van der Waals surface area contributed by atoms with E-state index in [9.17, 15) is 21.6 Å². The van der Waals surface area contributed by atoms with Crippen molar-refractivity contribution in [2.75, 3.05) is 17.2 Å². The molecule has 2 rings (SSSR count). The molecule has 0 aliphatic heterocycles. The molecule has 7 nitrogen and oxygen atoms in total. The van der Waals surface area contributed by atoms with Gasteiger partial charge in [-0.25, -0.2) is 16.8 Å². The van der Waals surface area contributed by atoms with E-state index < -0.39 is 19.9 Å². The van der Waals surface area contributed by atoms with Crippen LogP contribution in [0.15, 0.2) is 47.4 Å². The number of hydrogen-bond donors (Lipinski definition) is 2. The number of benzene rings is 2. The smallest absolute Gasteiger partial charge is 0.252 e. The van der Waals surface area contributed by atoms with Gasteiger partial charge >= 0.3 is 0 Å². The Labute approximate surface area is 159 Å². The maximum Gasteiger partial charge on any atom is 0.252 e. The summed E-state index contributed by atoms with van der Waals surface area (Å²) in [5, 5.41) is 2.84. The SMILES string of the molecule is Cc1c(NS(C)(=O)=O)cccc1C(=O)N[C@H](C)c1ccc(S(C)(=O)=O)cc1. The average molecular weight is 411 g/mol. The fourth-order valence-corrected chi connectivity index (χ4v) is 3.80. The zero-order chi connectivity index (χ0) is 20.4. The van der Waals surface area contributed by atoms with Crippen molar-refractivity contribution in [2.24, 2.45) is 0 Å². The molecule has 2 N–H and O–H groups in total. The summed E-state index contributed by atoms with van der Waals surface area (Å²) in [5.74, 6) is -0.357. The second-order valence-corrected chi connectivity index (χ2v) is 10.2. The van der Waals surface area contributed by atoms with Crippen LogP contribution in [0.25, 0.3) is 0 Å². The molecule has 0 saturated heterocycles. The summed E-state index contributed by atoms with van der Waals surface area (Å²) in [4.78, 5) is 12.8. The average Bonchev–Trinajstić information content (AvgIpc) is 2.54. The topological polar surface area (TPSA) is 109 Å². The fourth-order valence-electron chi connectivity index (χ4n) is 2.55. The zero-order valence-corrected chi connectivity index (χ0v) is 17.1. The first-order valence-electron chi connectivity index (χ1n) is 8.07. The van der Waals surface area contributed by atoms with Gasteiger partial charge in [0.15, 0.2) is 9.84 Å². The van der Waals surface area contributed by atoms with Crippen LogP contribution in [-0.2, 0) is 19.9 Å². The Morgan fingerprint density at radius 2 is 1.56 bits per heavy atom. The van der Waals surface area contributed by atoms with Crippen molar-refractivity contribution in [3.8, 4) is 0 Å². The highest BCUT2D eigenvalue weighted by Crippen LogP contribution is 2.22. The minimum absolute atomic E-state index is 0.208. The van der Waals surface area contributed by atoms with Gasteiger partial charge in [0, 0.05) is 11.8 Å². The Morgan fingerprint density at radius 3 is 2.07 bits per heavy atom. The molecule has 1 atom stereocenters. The van der Waals surface area contributed by atoms with Crippen LogP contribution < -0.4 is 10.0 Å². The lowest BCUT2D eigenvalue weighted by Crippen LogP contribution is -2.27. The third-order valence-electron chi connectivity index (χ3n) is 4.03. The standard InChI is InChI=1S/C18H22N2O5S2/c1-12-16(6-5-7-17(12)20-27(4,24)25)18(21)19-13(2)14-8-10-15(11-9-14)26(3,22)23/h5-11,13,20H,1-4H3,(H,19,21)/t13-/m1/s1. The quantitative estimate of drug-likeness (QED) is 0.759. The van der Waals surface area contributed by atoms with Crippen molar-refractivity contribution in [3.05, 3.63) is 59.2 Å². The third-order valence-corrected chi connectivity index (χ3v) is 5.75. The van der Waals surface area contributed by atoms with E-state index in [1.807, 2.05) is 0 Å². The summed E-state index contributed by atoms with van der Waals surface area (Å²) in [6.45, 7) is 3.44. The predicted octanol–water partition coefficient (Wildman–Crippen LogP) is 2.26. The molecule has 27 heavy (non-hydrogen) atoms. The van der Waals surface area contributed by atoms with Crippen LogP contribution >= 0.6 is 0 Å². The molecule has 0 bridgehead atoms. The number of nitrogens with one attached hydrogen (secondary N) is 2. The van der Waals surface area contributed by atoms with Crippen LogP contribution in [-0.4, -0.2) is 35.3 Å². The number of rotatable bonds is 6. The van der Waals surface area contributed by atoms with Gasteiger partial charge in [-0.15, -0.1) is 0 Å². The Hall–Kier alpha value is -2.39. The minimum atomic E-state index is -3.46. The maximum absolute atomic E-state index is 12.6. The van der Waals surface area contributed by atoms with Gasteiger partial charge < -0.3 is 5.32 Å². The number of hydrogen-bond acceptors (Lipinski definition) is 5. The van der Waals surface area contributed by atoms with Gasteiger partial charge in [0.25, 0.3) is 5.91 Å². The molecule has 0 spiro atoms. The third kappa shape index (κ3) is 5.54. The second kappa shape index (κ2) is 7.69. The van der Waals surface area contributed by atoms with E-state index in [4.69, 9.17) is 0 Å². The van der Waals surface area contributed by atoms with Crippen molar-refractivity contribution < 1.29 is 21.6 Å². The molecular weight excluding hydrogens is 388 g/mol. The predicted molar refractivity (Wildman–Crippen MR) is 105 cm³/mol. The minimum Gasteiger partial charge on any atom is -0.346 e. The molecule has 0 unspecified atom stereocenters. The number of amides is 1. The van der Waals surface area contributed by atoms with Crippen molar-refractivity contribution in [1.82, 2.24) is 5.32 Å². The van der Waals surface area contributed by atoms with Crippen LogP contribution in [0.3, 0.4) is 0 Å². The van der Waals surface area contributed by atoms with E-state index in [-0.39, 0.29) is 16.8 Å². The lowest BCUT2D eigenvalue weighted by molar-refractivity contribution is 0.0939. The molecule has 9 heteroatoms. The number of carbonyl (C=O) groups is 1. The number of carbonyl (C=O) groups excluding carboxylic acids is 1. The lowest BCUT2D eigenvalue weighted by Gasteiger charge is -2.17. The van der Waals surface area contributed by atoms with Gasteiger partial charge in [-0.2, -0.15) is 0 Å². The summed E-state index contributed by atoms with van der Waals surface area (Å²) in [6.07, 6.45) is 2.18. The zero-order valence-electron chi connectivity index (χ0n) is 15.5. The van der Waals surface area contributed by atoms with E-state index in [1.54, 1.807) is 44.2 Å². The summed E-state index contributed by atoms with van der Waals surface area (Å²) >= 11 is 0. The molecule has 1 amide bonds. The van der Waals surface area contributed by atoms with Gasteiger partial charge in [0.05, 0.1) is 22.9 Å². The van der Waals surface area contributed by atoms with Crippen LogP contribution in [0.1, 0.15) is 34.5 Å². The van der Waals surface area contributed by atoms with E-state index in [0.717, 1.165) is 18.1 Å². The van der Waals surface area contributed by atoms with Crippen molar-refractivity contribution in [2.45, 2.75) is 24.8 Å². The van der Waals surface area contributed by atoms with E-state index in [1.165, 1.54) is 12.1 Å². The highest BCUT2D eigenvalue weighted by molar-refractivity contribution is 7.92. The highest BCUT2D eigenvalue weighted by atomic mass is 32.2. The summed E-state index contributed by atoms with van der Waals surface area (Å²) < 4.78 is 48.3. The molecule has 2 aromatic carbocycles. The lowest BCUT2D eigenvalue weighted by atomic mass is 10.0. The molecule has 0 radical (unpaired) electrons. The van der Waals surface area contributed by atoms with E-state index in [2.05, 4.69) is 10.0 Å². The van der Waals surface area contributed by atoms with Crippen molar-refractivity contribution in [1.29, 1.82) is 0 Å². The Kier molecular flexibility index (Phi) is 5.96. The van der Waals surface area contributed by atoms with Gasteiger partial charge in [-0.3, -0.25) is 9.52 Å². The number of anilines is 1. The van der Waals surface area contributed by atoms with E-state index >= 15 is 0 Å². The van der Waals surface area contributed by atoms with Gasteiger partial charge in [-0.05, 0) is 49.2 Å². The van der Waals surface area contributed by atoms with E-state index in [0.29, 0.717) is 16.8 Å². The second-order valence-electron chi connectivity index (χ2n) is 6.39. The summed E-state index contributed by atoms with van der Waals surface area (Å²) in [6, 6.07) is 10.7.